The minimum atomic E-state index is -0.424. The zero-order chi connectivity index (χ0) is 11.9. The molecule has 84 valence electrons. The Morgan fingerprint density at radius 1 is 1.50 bits per heavy atom. The van der Waals surface area contributed by atoms with E-state index in [0.717, 1.165) is 28.6 Å². The number of halogens is 1. The molecule has 1 heterocycles. The van der Waals surface area contributed by atoms with E-state index in [1.165, 1.54) is 6.07 Å². The van der Waals surface area contributed by atoms with Gasteiger partial charge >= 0.3 is 0 Å². The number of aryl methyl sites for hydroxylation is 2. The monoisotopic (exact) mass is 238 g/mol. The largest absolute Gasteiger partial charge is 0.357 e. The number of hydrogen-bond donors (Lipinski definition) is 1. The summed E-state index contributed by atoms with van der Waals surface area (Å²) in [6.07, 6.45) is 0.823. The highest BCUT2D eigenvalue weighted by Gasteiger charge is 2.15. The van der Waals surface area contributed by atoms with Crippen molar-refractivity contribution in [3.63, 3.8) is 0 Å². The van der Waals surface area contributed by atoms with Crippen molar-refractivity contribution in [1.82, 2.24) is 4.98 Å². The highest BCUT2D eigenvalue weighted by Crippen LogP contribution is 2.32. The van der Waals surface area contributed by atoms with Gasteiger partial charge in [-0.15, -0.1) is 0 Å². The van der Waals surface area contributed by atoms with Crippen LogP contribution in [-0.2, 0) is 6.42 Å². The van der Waals surface area contributed by atoms with Gasteiger partial charge in [-0.25, -0.2) is 0 Å². The second-order valence-electron chi connectivity index (χ2n) is 3.69. The molecule has 0 aliphatic rings. The van der Waals surface area contributed by atoms with Crippen molar-refractivity contribution >= 4 is 28.2 Å². The Morgan fingerprint density at radius 3 is 2.75 bits per heavy atom. The van der Waals surface area contributed by atoms with E-state index in [1.54, 1.807) is 6.07 Å². The number of non-ortho nitro benzene ring substituents is 1. The van der Waals surface area contributed by atoms with E-state index in [-0.39, 0.29) is 5.69 Å². The van der Waals surface area contributed by atoms with Gasteiger partial charge in [0, 0.05) is 23.2 Å². The van der Waals surface area contributed by atoms with E-state index in [0.29, 0.717) is 5.02 Å². The van der Waals surface area contributed by atoms with Gasteiger partial charge in [-0.1, -0.05) is 18.5 Å². The van der Waals surface area contributed by atoms with Crippen LogP contribution in [0, 0.1) is 17.0 Å². The van der Waals surface area contributed by atoms with Crippen molar-refractivity contribution in [3.05, 3.63) is 38.5 Å². The first kappa shape index (κ1) is 11.0. The molecule has 16 heavy (non-hydrogen) atoms. The molecule has 1 aromatic heterocycles. The first-order valence-corrected chi connectivity index (χ1v) is 5.37. The number of rotatable bonds is 2. The fourth-order valence-corrected chi connectivity index (χ4v) is 2.24. The average Bonchev–Trinajstić information content (AvgIpc) is 2.54. The molecule has 4 nitrogen and oxygen atoms in total. The van der Waals surface area contributed by atoms with Crippen molar-refractivity contribution in [1.29, 1.82) is 0 Å². The smallest absolute Gasteiger partial charge is 0.271 e. The minimum absolute atomic E-state index is 0.0335. The van der Waals surface area contributed by atoms with Crippen molar-refractivity contribution in [3.8, 4) is 0 Å². The van der Waals surface area contributed by atoms with E-state index >= 15 is 0 Å². The van der Waals surface area contributed by atoms with Gasteiger partial charge in [0.05, 0.1) is 15.5 Å². The van der Waals surface area contributed by atoms with Gasteiger partial charge in [0.1, 0.15) is 0 Å². The van der Waals surface area contributed by atoms with Crippen LogP contribution >= 0.6 is 11.6 Å². The zero-order valence-electron chi connectivity index (χ0n) is 9.00. The maximum Gasteiger partial charge on any atom is 0.271 e. The molecule has 0 spiro atoms. The standard InChI is InChI=1S/C11H11ClN2O2/c1-3-8-6(2)13-11-9(8)4-7(14(15)16)5-10(11)12/h4-5,13H,3H2,1-2H3. The molecule has 2 aromatic rings. The predicted molar refractivity (Wildman–Crippen MR) is 64.1 cm³/mol. The summed E-state index contributed by atoms with van der Waals surface area (Å²) in [4.78, 5) is 13.5. The molecule has 0 unspecified atom stereocenters. The number of nitrogens with zero attached hydrogens (tertiary/aromatic N) is 1. The number of hydrogen-bond acceptors (Lipinski definition) is 2. The van der Waals surface area contributed by atoms with Gasteiger partial charge in [-0.2, -0.15) is 0 Å². The van der Waals surface area contributed by atoms with E-state index in [2.05, 4.69) is 4.98 Å². The molecule has 5 heteroatoms. The van der Waals surface area contributed by atoms with Gasteiger partial charge < -0.3 is 4.98 Å². The lowest BCUT2D eigenvalue weighted by atomic mass is 10.1. The molecule has 2 rings (SSSR count). The summed E-state index contributed by atoms with van der Waals surface area (Å²) in [5.74, 6) is 0. The van der Waals surface area contributed by atoms with Crippen LogP contribution in [0.2, 0.25) is 5.02 Å². The second-order valence-corrected chi connectivity index (χ2v) is 4.10. The molecule has 0 aliphatic carbocycles. The van der Waals surface area contributed by atoms with E-state index < -0.39 is 4.92 Å². The van der Waals surface area contributed by atoms with Crippen molar-refractivity contribution in [2.45, 2.75) is 20.3 Å². The summed E-state index contributed by atoms with van der Waals surface area (Å²) in [6.45, 7) is 3.96. The first-order valence-electron chi connectivity index (χ1n) is 4.99. The van der Waals surface area contributed by atoms with Gasteiger partial charge in [0.25, 0.3) is 5.69 Å². The Bertz CT molecular complexity index is 575. The summed E-state index contributed by atoms with van der Waals surface area (Å²) in [5.41, 5.74) is 2.91. The topological polar surface area (TPSA) is 58.9 Å². The highest BCUT2D eigenvalue weighted by atomic mass is 35.5. The van der Waals surface area contributed by atoms with E-state index in [4.69, 9.17) is 11.6 Å². The van der Waals surface area contributed by atoms with Crippen molar-refractivity contribution in [2.75, 3.05) is 0 Å². The van der Waals surface area contributed by atoms with Gasteiger partial charge in [0.2, 0.25) is 0 Å². The molecule has 0 radical (unpaired) electrons. The lowest BCUT2D eigenvalue weighted by Gasteiger charge is -1.97. The summed E-state index contributed by atoms with van der Waals surface area (Å²) >= 11 is 6.01. The number of aromatic amines is 1. The molecule has 0 aliphatic heterocycles. The lowest BCUT2D eigenvalue weighted by molar-refractivity contribution is -0.384. The van der Waals surface area contributed by atoms with Crippen LogP contribution in [0.5, 0.6) is 0 Å². The zero-order valence-corrected chi connectivity index (χ0v) is 9.76. The van der Waals surface area contributed by atoms with Crippen molar-refractivity contribution in [2.24, 2.45) is 0 Å². The average molecular weight is 239 g/mol. The van der Waals surface area contributed by atoms with Crippen molar-refractivity contribution < 1.29 is 4.92 Å². The third-order valence-corrected chi connectivity index (χ3v) is 3.03. The highest BCUT2D eigenvalue weighted by molar-refractivity contribution is 6.35. The summed E-state index contributed by atoms with van der Waals surface area (Å²) in [6, 6.07) is 2.95. The Kier molecular flexibility index (Phi) is 2.59. The lowest BCUT2D eigenvalue weighted by Crippen LogP contribution is -1.88. The molecule has 0 saturated carbocycles. The number of H-pyrrole nitrogens is 1. The predicted octanol–water partition coefficient (Wildman–Crippen LogP) is 3.60. The van der Waals surface area contributed by atoms with Crippen LogP contribution < -0.4 is 0 Å². The minimum Gasteiger partial charge on any atom is -0.357 e. The number of benzene rings is 1. The summed E-state index contributed by atoms with van der Waals surface area (Å²) in [5, 5.41) is 12.0. The molecular formula is C11H11ClN2O2. The van der Waals surface area contributed by atoms with Crippen LogP contribution in [0.15, 0.2) is 12.1 Å². The molecular weight excluding hydrogens is 228 g/mol. The number of nitro benzene ring substituents is 1. The first-order chi connectivity index (χ1) is 7.54. The van der Waals surface area contributed by atoms with Crippen LogP contribution in [0.25, 0.3) is 10.9 Å². The molecule has 1 aromatic carbocycles. The Morgan fingerprint density at radius 2 is 2.19 bits per heavy atom. The van der Waals surface area contributed by atoms with Gasteiger partial charge in [0.15, 0.2) is 0 Å². The Balaban J connectivity index is 2.83. The number of nitrogens with one attached hydrogen (secondary N) is 1. The molecule has 0 amide bonds. The Hall–Kier alpha value is -1.55. The molecule has 0 fully saturated rings. The molecule has 0 atom stereocenters. The summed E-state index contributed by atoms with van der Waals surface area (Å²) < 4.78 is 0. The van der Waals surface area contributed by atoms with Gasteiger partial charge in [-0.05, 0) is 18.9 Å². The van der Waals surface area contributed by atoms with Gasteiger partial charge in [-0.3, -0.25) is 10.1 Å². The number of fused-ring (bicyclic) bond motifs is 1. The van der Waals surface area contributed by atoms with Crippen LogP contribution in [0.1, 0.15) is 18.2 Å². The maximum absolute atomic E-state index is 10.7. The van der Waals surface area contributed by atoms with Crippen LogP contribution in [0.3, 0.4) is 0 Å². The van der Waals surface area contributed by atoms with E-state index in [9.17, 15) is 10.1 Å². The maximum atomic E-state index is 10.7. The summed E-state index contributed by atoms with van der Waals surface area (Å²) in [7, 11) is 0. The molecule has 0 saturated heterocycles. The fraction of sp³-hybridized carbons (Fsp3) is 0.273. The third kappa shape index (κ3) is 1.55. The quantitative estimate of drug-likeness (QED) is 0.642. The second kappa shape index (κ2) is 3.79. The van der Waals surface area contributed by atoms with E-state index in [1.807, 2.05) is 13.8 Å². The van der Waals surface area contributed by atoms with Crippen LogP contribution in [-0.4, -0.2) is 9.91 Å². The number of nitro groups is 1. The Labute approximate surface area is 97.4 Å². The van der Waals surface area contributed by atoms with Crippen LogP contribution in [0.4, 0.5) is 5.69 Å². The molecule has 1 N–H and O–H groups in total. The third-order valence-electron chi connectivity index (χ3n) is 2.73. The fourth-order valence-electron chi connectivity index (χ4n) is 1.98. The normalized spacial score (nSPS) is 10.9. The number of aromatic nitrogens is 1. The molecule has 0 bridgehead atoms. The SMILES string of the molecule is CCc1c(C)[nH]c2c(Cl)cc([N+](=O)[O-])cc12.